The van der Waals surface area contributed by atoms with Crippen molar-refractivity contribution < 1.29 is 13.2 Å². The first-order valence-electron chi connectivity index (χ1n) is 6.68. The van der Waals surface area contributed by atoms with E-state index in [-0.39, 0.29) is 11.8 Å². The van der Waals surface area contributed by atoms with Crippen LogP contribution in [-0.2, 0) is 14.8 Å². The van der Waals surface area contributed by atoms with Crippen LogP contribution in [0.2, 0.25) is 0 Å². The topological polar surface area (TPSA) is 58.6 Å². The van der Waals surface area contributed by atoms with Crippen LogP contribution in [0.3, 0.4) is 0 Å². The number of nitrogens with zero attached hydrogens (tertiary/aromatic N) is 1. The van der Waals surface area contributed by atoms with E-state index in [1.807, 2.05) is 13.8 Å². The van der Waals surface area contributed by atoms with E-state index >= 15 is 0 Å². The smallest absolute Gasteiger partial charge is 0.215 e. The van der Waals surface area contributed by atoms with Crippen molar-refractivity contribution in [2.75, 3.05) is 39.1 Å². The van der Waals surface area contributed by atoms with E-state index in [1.165, 1.54) is 0 Å². The van der Waals surface area contributed by atoms with Crippen molar-refractivity contribution in [2.45, 2.75) is 39.7 Å². The Morgan fingerprint density at radius 1 is 1.28 bits per heavy atom. The molecule has 0 saturated carbocycles. The minimum Gasteiger partial charge on any atom is -0.383 e. The van der Waals surface area contributed by atoms with Crippen molar-refractivity contribution in [3.05, 3.63) is 0 Å². The van der Waals surface area contributed by atoms with Crippen LogP contribution in [-0.4, -0.2) is 57.9 Å². The summed E-state index contributed by atoms with van der Waals surface area (Å²) >= 11 is 0. The molecule has 0 aliphatic rings. The Morgan fingerprint density at radius 2 is 1.94 bits per heavy atom. The predicted octanol–water partition coefficient (Wildman–Crippen LogP) is 1.06. The second kappa shape index (κ2) is 9.72. The number of hydrogen-bond acceptors (Lipinski definition) is 4. The molecular formula is C12H28N2O3S. The molecule has 1 atom stereocenters. The third kappa shape index (κ3) is 6.68. The summed E-state index contributed by atoms with van der Waals surface area (Å²) in [5.74, 6) is 0.154. The van der Waals surface area contributed by atoms with E-state index in [0.29, 0.717) is 19.7 Å². The largest absolute Gasteiger partial charge is 0.383 e. The summed E-state index contributed by atoms with van der Waals surface area (Å²) in [4.78, 5) is 0. The molecule has 0 aromatic rings. The number of sulfonamides is 1. The quantitative estimate of drug-likeness (QED) is 0.575. The molecule has 110 valence electrons. The number of hydrogen-bond donors (Lipinski definition) is 1. The van der Waals surface area contributed by atoms with Gasteiger partial charge in [0.1, 0.15) is 0 Å². The zero-order chi connectivity index (χ0) is 14.0. The molecule has 0 aliphatic carbocycles. The average Bonchev–Trinajstić information content (AvgIpc) is 2.34. The van der Waals surface area contributed by atoms with Gasteiger partial charge < -0.3 is 10.1 Å². The van der Waals surface area contributed by atoms with E-state index < -0.39 is 10.0 Å². The van der Waals surface area contributed by atoms with Crippen molar-refractivity contribution in [1.82, 2.24) is 9.62 Å². The van der Waals surface area contributed by atoms with E-state index in [9.17, 15) is 8.42 Å². The number of ether oxygens (including phenoxy) is 1. The van der Waals surface area contributed by atoms with Crippen molar-refractivity contribution in [3.8, 4) is 0 Å². The molecule has 6 heteroatoms. The molecule has 0 bridgehead atoms. The Bertz CT molecular complexity index is 294. The zero-order valence-corrected chi connectivity index (χ0v) is 12.9. The summed E-state index contributed by atoms with van der Waals surface area (Å²) in [5.41, 5.74) is 0. The first kappa shape index (κ1) is 17.8. The van der Waals surface area contributed by atoms with Gasteiger partial charge in [0.25, 0.3) is 0 Å². The van der Waals surface area contributed by atoms with Crippen LogP contribution in [0.25, 0.3) is 0 Å². The van der Waals surface area contributed by atoms with Gasteiger partial charge in [0, 0.05) is 26.2 Å². The maximum Gasteiger partial charge on any atom is 0.215 e. The first-order valence-corrected chi connectivity index (χ1v) is 8.29. The van der Waals surface area contributed by atoms with Gasteiger partial charge in [0.05, 0.1) is 12.4 Å². The van der Waals surface area contributed by atoms with Crippen molar-refractivity contribution in [2.24, 2.45) is 0 Å². The van der Waals surface area contributed by atoms with Crippen molar-refractivity contribution >= 4 is 10.0 Å². The van der Waals surface area contributed by atoms with Gasteiger partial charge in [-0.25, -0.2) is 8.42 Å². The standard InChI is InChI=1S/C12H28N2O3S/c1-5-7-13-8-11-18(15,16)14(9-10-17-4)12(3)6-2/h12-13H,5-11H2,1-4H3. The molecule has 1 unspecified atom stereocenters. The second-order valence-corrected chi connectivity index (χ2v) is 6.47. The summed E-state index contributed by atoms with van der Waals surface area (Å²) in [5, 5.41) is 3.12. The van der Waals surface area contributed by atoms with E-state index in [2.05, 4.69) is 12.2 Å². The van der Waals surface area contributed by atoms with Crippen molar-refractivity contribution in [3.63, 3.8) is 0 Å². The molecule has 0 saturated heterocycles. The molecule has 0 aromatic heterocycles. The zero-order valence-electron chi connectivity index (χ0n) is 12.1. The normalized spacial score (nSPS) is 14.1. The van der Waals surface area contributed by atoms with Gasteiger partial charge in [-0.1, -0.05) is 13.8 Å². The molecule has 0 radical (unpaired) electrons. The predicted molar refractivity (Wildman–Crippen MR) is 75.3 cm³/mol. The molecule has 0 fully saturated rings. The van der Waals surface area contributed by atoms with Gasteiger partial charge in [-0.3, -0.25) is 0 Å². The first-order chi connectivity index (χ1) is 8.49. The summed E-state index contributed by atoms with van der Waals surface area (Å²) in [6.07, 6.45) is 1.82. The Hall–Kier alpha value is -0.170. The Kier molecular flexibility index (Phi) is 9.63. The second-order valence-electron chi connectivity index (χ2n) is 4.43. The molecule has 0 amide bonds. The van der Waals surface area contributed by atoms with Crippen LogP contribution >= 0.6 is 0 Å². The van der Waals surface area contributed by atoms with Crippen LogP contribution < -0.4 is 5.32 Å². The van der Waals surface area contributed by atoms with Gasteiger partial charge in [0.15, 0.2) is 0 Å². The monoisotopic (exact) mass is 280 g/mol. The number of rotatable bonds is 11. The summed E-state index contributed by atoms with van der Waals surface area (Å²) in [6.45, 7) is 8.23. The Labute approximate surface area is 112 Å². The van der Waals surface area contributed by atoms with Crippen LogP contribution in [0, 0.1) is 0 Å². The fraction of sp³-hybridized carbons (Fsp3) is 1.00. The van der Waals surface area contributed by atoms with Gasteiger partial charge >= 0.3 is 0 Å². The minimum absolute atomic E-state index is 0.0244. The summed E-state index contributed by atoms with van der Waals surface area (Å²) in [6, 6.07) is 0.0244. The Morgan fingerprint density at radius 3 is 2.44 bits per heavy atom. The molecule has 0 heterocycles. The highest BCUT2D eigenvalue weighted by atomic mass is 32.2. The molecule has 0 rings (SSSR count). The maximum absolute atomic E-state index is 12.2. The lowest BCUT2D eigenvalue weighted by Gasteiger charge is -2.27. The fourth-order valence-corrected chi connectivity index (χ4v) is 3.33. The van der Waals surface area contributed by atoms with E-state index in [1.54, 1.807) is 11.4 Å². The molecule has 1 N–H and O–H groups in total. The lowest BCUT2D eigenvalue weighted by molar-refractivity contribution is 0.167. The van der Waals surface area contributed by atoms with Crippen LogP contribution in [0.1, 0.15) is 33.6 Å². The van der Waals surface area contributed by atoms with Crippen LogP contribution in [0.4, 0.5) is 0 Å². The highest BCUT2D eigenvalue weighted by Gasteiger charge is 2.25. The van der Waals surface area contributed by atoms with E-state index in [4.69, 9.17) is 4.74 Å². The van der Waals surface area contributed by atoms with E-state index in [0.717, 1.165) is 19.4 Å². The summed E-state index contributed by atoms with van der Waals surface area (Å²) in [7, 11) is -1.61. The van der Waals surface area contributed by atoms with Crippen molar-refractivity contribution in [1.29, 1.82) is 0 Å². The maximum atomic E-state index is 12.2. The fourth-order valence-electron chi connectivity index (χ4n) is 1.64. The van der Waals surface area contributed by atoms with Gasteiger partial charge in [-0.05, 0) is 26.3 Å². The highest BCUT2D eigenvalue weighted by Crippen LogP contribution is 2.10. The lowest BCUT2D eigenvalue weighted by atomic mass is 10.3. The van der Waals surface area contributed by atoms with Gasteiger partial charge in [-0.2, -0.15) is 4.31 Å². The molecule has 0 aromatic carbocycles. The molecule has 18 heavy (non-hydrogen) atoms. The Balaban J connectivity index is 4.44. The van der Waals surface area contributed by atoms with Crippen LogP contribution in [0.15, 0.2) is 0 Å². The third-order valence-electron chi connectivity index (χ3n) is 2.92. The summed E-state index contributed by atoms with van der Waals surface area (Å²) < 4.78 is 31.0. The van der Waals surface area contributed by atoms with Crippen LogP contribution in [0.5, 0.6) is 0 Å². The number of nitrogens with one attached hydrogen (secondary N) is 1. The third-order valence-corrected chi connectivity index (χ3v) is 4.90. The molecular weight excluding hydrogens is 252 g/mol. The highest BCUT2D eigenvalue weighted by molar-refractivity contribution is 7.89. The van der Waals surface area contributed by atoms with Gasteiger partial charge in [0.2, 0.25) is 10.0 Å². The molecule has 0 aliphatic heterocycles. The average molecular weight is 280 g/mol. The van der Waals surface area contributed by atoms with Gasteiger partial charge in [-0.15, -0.1) is 0 Å². The molecule has 5 nitrogen and oxygen atoms in total. The number of methoxy groups -OCH3 is 1. The SMILES string of the molecule is CCCNCCS(=O)(=O)N(CCOC)C(C)CC. The lowest BCUT2D eigenvalue weighted by Crippen LogP contribution is -2.43. The minimum atomic E-state index is -3.20. The molecule has 0 spiro atoms.